The first-order chi connectivity index (χ1) is 9.04. The number of anilines is 1. The molecule has 5 heteroatoms. The monoisotopic (exact) mass is 265 g/mol. The summed E-state index contributed by atoms with van der Waals surface area (Å²) in [7, 11) is 0. The first-order valence-electron chi connectivity index (χ1n) is 6.32. The number of ketones is 1. The molecule has 5 nitrogen and oxygen atoms in total. The second kappa shape index (κ2) is 7.41. The number of Topliss-reactive ketones (excluding diaryl/α,β-unsaturated/α-hetero) is 1. The zero-order chi connectivity index (χ0) is 14.3. The summed E-state index contributed by atoms with van der Waals surface area (Å²) in [6, 6.07) is 4.80. The number of carboxylic acids is 1. The topological polar surface area (TPSA) is 89.6 Å². The van der Waals surface area contributed by atoms with Crippen molar-refractivity contribution in [3.05, 3.63) is 23.8 Å². The number of rotatable bonds is 8. The van der Waals surface area contributed by atoms with Crippen molar-refractivity contribution in [1.82, 2.24) is 0 Å². The molecule has 0 saturated carbocycles. The standard InChI is InChI=1S/C14H19NO4/c1-2-3-8-19-13-6-4-10(9-11(13)15)12(16)5-7-14(17)18/h4,6,9H,2-3,5,7-8,15H2,1H3,(H,17,18). The van der Waals surface area contributed by atoms with Crippen molar-refractivity contribution in [2.45, 2.75) is 32.6 Å². The van der Waals surface area contributed by atoms with E-state index < -0.39 is 5.97 Å². The van der Waals surface area contributed by atoms with E-state index in [0.717, 1.165) is 12.8 Å². The number of benzene rings is 1. The van der Waals surface area contributed by atoms with E-state index in [2.05, 4.69) is 6.92 Å². The van der Waals surface area contributed by atoms with Crippen molar-refractivity contribution in [2.75, 3.05) is 12.3 Å². The molecule has 1 rings (SSSR count). The molecule has 0 aliphatic carbocycles. The van der Waals surface area contributed by atoms with Crippen molar-refractivity contribution in [2.24, 2.45) is 0 Å². The van der Waals surface area contributed by atoms with Crippen LogP contribution in [0.1, 0.15) is 43.0 Å². The summed E-state index contributed by atoms with van der Waals surface area (Å²) in [5.74, 6) is -0.654. The zero-order valence-corrected chi connectivity index (χ0v) is 11.0. The third-order valence-corrected chi connectivity index (χ3v) is 2.65. The molecular formula is C14H19NO4. The lowest BCUT2D eigenvalue weighted by Gasteiger charge is -2.09. The summed E-state index contributed by atoms with van der Waals surface area (Å²) in [6.07, 6.45) is 1.78. The molecule has 19 heavy (non-hydrogen) atoms. The van der Waals surface area contributed by atoms with Gasteiger partial charge in [0.2, 0.25) is 0 Å². The van der Waals surface area contributed by atoms with Gasteiger partial charge in [0.05, 0.1) is 18.7 Å². The van der Waals surface area contributed by atoms with Crippen LogP contribution in [0.4, 0.5) is 5.69 Å². The highest BCUT2D eigenvalue weighted by molar-refractivity contribution is 5.98. The van der Waals surface area contributed by atoms with Crippen LogP contribution in [0.5, 0.6) is 5.75 Å². The summed E-state index contributed by atoms with van der Waals surface area (Å²) >= 11 is 0. The summed E-state index contributed by atoms with van der Waals surface area (Å²) in [5.41, 5.74) is 6.62. The molecule has 0 radical (unpaired) electrons. The molecule has 0 fully saturated rings. The van der Waals surface area contributed by atoms with Gasteiger partial charge in [-0.3, -0.25) is 9.59 Å². The molecule has 1 aromatic carbocycles. The van der Waals surface area contributed by atoms with E-state index in [4.69, 9.17) is 15.6 Å². The van der Waals surface area contributed by atoms with Crippen molar-refractivity contribution >= 4 is 17.4 Å². The van der Waals surface area contributed by atoms with Crippen LogP contribution in [-0.2, 0) is 4.79 Å². The van der Waals surface area contributed by atoms with Gasteiger partial charge >= 0.3 is 5.97 Å². The number of hydrogen-bond donors (Lipinski definition) is 2. The number of aliphatic carboxylic acids is 1. The molecule has 0 heterocycles. The van der Waals surface area contributed by atoms with Gasteiger partial charge in [-0.25, -0.2) is 0 Å². The van der Waals surface area contributed by atoms with E-state index in [1.54, 1.807) is 12.1 Å². The molecule has 1 aromatic rings. The summed E-state index contributed by atoms with van der Waals surface area (Å²) in [4.78, 5) is 22.1. The van der Waals surface area contributed by atoms with Crippen LogP contribution in [0.3, 0.4) is 0 Å². The Morgan fingerprint density at radius 1 is 1.32 bits per heavy atom. The number of nitrogens with two attached hydrogens (primary N) is 1. The average Bonchev–Trinajstić information content (AvgIpc) is 2.38. The van der Waals surface area contributed by atoms with Crippen LogP contribution < -0.4 is 10.5 Å². The predicted molar refractivity (Wildman–Crippen MR) is 72.5 cm³/mol. The molecule has 0 amide bonds. The van der Waals surface area contributed by atoms with Gasteiger partial charge in [0.1, 0.15) is 5.75 Å². The van der Waals surface area contributed by atoms with Crippen LogP contribution >= 0.6 is 0 Å². The molecule has 0 spiro atoms. The summed E-state index contributed by atoms with van der Waals surface area (Å²) in [6.45, 7) is 2.66. The van der Waals surface area contributed by atoms with Gasteiger partial charge in [-0.05, 0) is 24.6 Å². The smallest absolute Gasteiger partial charge is 0.303 e. The van der Waals surface area contributed by atoms with E-state index in [1.165, 1.54) is 6.07 Å². The first-order valence-corrected chi connectivity index (χ1v) is 6.32. The minimum atomic E-state index is -0.985. The Balaban J connectivity index is 2.65. The number of carboxylic acid groups (broad SMARTS) is 1. The molecule has 0 aromatic heterocycles. The van der Waals surface area contributed by atoms with Gasteiger partial charge in [-0.2, -0.15) is 0 Å². The maximum absolute atomic E-state index is 11.7. The van der Waals surface area contributed by atoms with Gasteiger partial charge in [0.15, 0.2) is 5.78 Å². The highest BCUT2D eigenvalue weighted by Gasteiger charge is 2.10. The minimum absolute atomic E-state index is 0.0230. The fourth-order valence-electron chi connectivity index (χ4n) is 1.54. The van der Waals surface area contributed by atoms with Crippen LogP contribution in [0, 0.1) is 0 Å². The van der Waals surface area contributed by atoms with Gasteiger partial charge in [-0.1, -0.05) is 13.3 Å². The van der Waals surface area contributed by atoms with Crippen LogP contribution in [-0.4, -0.2) is 23.5 Å². The quantitative estimate of drug-likeness (QED) is 0.428. The van der Waals surface area contributed by atoms with Crippen LogP contribution in [0.15, 0.2) is 18.2 Å². The van der Waals surface area contributed by atoms with Gasteiger partial charge in [0, 0.05) is 12.0 Å². The Morgan fingerprint density at radius 3 is 2.63 bits per heavy atom. The Labute approximate surface area is 112 Å². The highest BCUT2D eigenvalue weighted by atomic mass is 16.5. The molecule has 3 N–H and O–H groups in total. The van der Waals surface area contributed by atoms with Crippen molar-refractivity contribution in [3.63, 3.8) is 0 Å². The van der Waals surface area contributed by atoms with Gasteiger partial charge in [0.25, 0.3) is 0 Å². The van der Waals surface area contributed by atoms with Crippen LogP contribution in [0.25, 0.3) is 0 Å². The van der Waals surface area contributed by atoms with E-state index in [-0.39, 0.29) is 18.6 Å². The first kappa shape index (κ1) is 15.0. The van der Waals surface area contributed by atoms with Gasteiger partial charge < -0.3 is 15.6 Å². The fourth-order valence-corrected chi connectivity index (χ4v) is 1.54. The third-order valence-electron chi connectivity index (χ3n) is 2.65. The summed E-state index contributed by atoms with van der Waals surface area (Å²) in [5, 5.41) is 8.53. The fraction of sp³-hybridized carbons (Fsp3) is 0.429. The number of hydrogen-bond acceptors (Lipinski definition) is 4. The molecular weight excluding hydrogens is 246 g/mol. The number of ether oxygens (including phenoxy) is 1. The number of carbonyl (C=O) groups is 2. The highest BCUT2D eigenvalue weighted by Crippen LogP contribution is 2.23. The number of unbranched alkanes of at least 4 members (excludes halogenated alkanes) is 1. The number of carbonyl (C=O) groups excluding carboxylic acids is 1. The Hall–Kier alpha value is -2.04. The molecule has 0 atom stereocenters. The predicted octanol–water partition coefficient (Wildman–Crippen LogP) is 2.50. The molecule has 0 saturated heterocycles. The van der Waals surface area contributed by atoms with Gasteiger partial charge in [-0.15, -0.1) is 0 Å². The van der Waals surface area contributed by atoms with Crippen LogP contribution in [0.2, 0.25) is 0 Å². The lowest BCUT2D eigenvalue weighted by atomic mass is 10.1. The largest absolute Gasteiger partial charge is 0.491 e. The maximum Gasteiger partial charge on any atom is 0.303 e. The average molecular weight is 265 g/mol. The lowest BCUT2D eigenvalue weighted by molar-refractivity contribution is -0.136. The molecule has 0 aliphatic rings. The molecule has 0 unspecified atom stereocenters. The second-order valence-corrected chi connectivity index (χ2v) is 4.27. The summed E-state index contributed by atoms with van der Waals surface area (Å²) < 4.78 is 5.48. The van der Waals surface area contributed by atoms with Crippen molar-refractivity contribution in [3.8, 4) is 5.75 Å². The van der Waals surface area contributed by atoms with Crippen molar-refractivity contribution < 1.29 is 19.4 Å². The maximum atomic E-state index is 11.7. The second-order valence-electron chi connectivity index (χ2n) is 4.27. The minimum Gasteiger partial charge on any atom is -0.491 e. The zero-order valence-electron chi connectivity index (χ0n) is 11.0. The molecule has 104 valence electrons. The SMILES string of the molecule is CCCCOc1ccc(C(=O)CCC(=O)O)cc1N. The molecule has 0 aliphatic heterocycles. The third kappa shape index (κ3) is 4.99. The van der Waals surface area contributed by atoms with E-state index in [1.807, 2.05) is 0 Å². The normalized spacial score (nSPS) is 10.2. The van der Waals surface area contributed by atoms with E-state index >= 15 is 0 Å². The Kier molecular flexibility index (Phi) is 5.85. The number of nitrogen functional groups attached to an aromatic ring is 1. The Bertz CT molecular complexity index is 457. The Morgan fingerprint density at radius 2 is 2.05 bits per heavy atom. The van der Waals surface area contributed by atoms with Crippen molar-refractivity contribution in [1.29, 1.82) is 0 Å². The van der Waals surface area contributed by atoms with E-state index in [0.29, 0.717) is 23.6 Å². The molecule has 0 bridgehead atoms. The van der Waals surface area contributed by atoms with E-state index in [9.17, 15) is 9.59 Å². The lowest BCUT2D eigenvalue weighted by Crippen LogP contribution is -2.05.